The van der Waals surface area contributed by atoms with Gasteiger partial charge in [-0.3, -0.25) is 9.59 Å². The number of aryl methyl sites for hydroxylation is 4. The van der Waals surface area contributed by atoms with Gasteiger partial charge in [-0.05, 0) is 101 Å². The van der Waals surface area contributed by atoms with Crippen LogP contribution in [-0.2, 0) is 14.8 Å². The predicted octanol–water partition coefficient (Wildman–Crippen LogP) is 4.13. The molecule has 1 aliphatic rings. The first-order valence-corrected chi connectivity index (χ1v) is 15.9. The number of nitrogens with two attached hydrogens (primary N) is 1. The summed E-state index contributed by atoms with van der Waals surface area (Å²) in [5, 5.41) is 8.90. The second-order valence-electron chi connectivity index (χ2n) is 11.5. The lowest BCUT2D eigenvalue weighted by Gasteiger charge is -2.22. The summed E-state index contributed by atoms with van der Waals surface area (Å²) >= 11 is 0. The molecule has 0 aliphatic carbocycles. The van der Waals surface area contributed by atoms with Crippen LogP contribution in [0, 0.1) is 27.7 Å². The summed E-state index contributed by atoms with van der Waals surface area (Å²) in [6, 6.07) is 14.0. The minimum absolute atomic E-state index is 0.210. The van der Waals surface area contributed by atoms with E-state index >= 15 is 0 Å². The fourth-order valence-electron chi connectivity index (χ4n) is 6.05. The van der Waals surface area contributed by atoms with Crippen LogP contribution in [-0.4, -0.2) is 60.1 Å². The largest absolute Gasteiger partial charge is 0.383 e. The molecule has 2 atom stereocenters. The van der Waals surface area contributed by atoms with Crippen LogP contribution in [0.1, 0.15) is 52.4 Å². The highest BCUT2D eigenvalue weighted by atomic mass is 32.2. The third-order valence-corrected chi connectivity index (χ3v) is 9.76. The number of sulfonamides is 1. The molecule has 43 heavy (non-hydrogen) atoms. The highest BCUT2D eigenvalue weighted by Gasteiger charge is 2.33. The fraction of sp³-hybridized carbons (Fsp3) is 0.344. The van der Waals surface area contributed by atoms with Gasteiger partial charge in [0.15, 0.2) is 0 Å². The van der Waals surface area contributed by atoms with Crippen LogP contribution in [0.2, 0.25) is 0 Å². The number of nitrogens with zero attached hydrogens (tertiary/aromatic N) is 3. The lowest BCUT2D eigenvalue weighted by Crippen LogP contribution is -2.43. The van der Waals surface area contributed by atoms with Gasteiger partial charge < -0.3 is 16.0 Å². The Bertz CT molecular complexity index is 1790. The van der Waals surface area contributed by atoms with E-state index in [2.05, 4.69) is 15.1 Å². The van der Waals surface area contributed by atoms with E-state index in [1.54, 1.807) is 27.9 Å². The lowest BCUT2D eigenvalue weighted by molar-refractivity contribution is -0.121. The number of aromatic nitrogens is 2. The molecule has 1 aliphatic heterocycles. The molecule has 2 heterocycles. The summed E-state index contributed by atoms with van der Waals surface area (Å²) < 4.78 is 31.1. The maximum Gasteiger partial charge on any atom is 0.254 e. The quantitative estimate of drug-likeness (QED) is 0.263. The minimum Gasteiger partial charge on any atom is -0.383 e. The van der Waals surface area contributed by atoms with Crippen LogP contribution in [0.3, 0.4) is 0 Å². The Balaban J connectivity index is 1.33. The monoisotopic (exact) mass is 602 g/mol. The summed E-state index contributed by atoms with van der Waals surface area (Å²) in [6.45, 7) is 10.3. The molecule has 2 amide bonds. The van der Waals surface area contributed by atoms with Gasteiger partial charge in [0, 0.05) is 35.8 Å². The second kappa shape index (κ2) is 11.8. The molecule has 11 heteroatoms. The standard InChI is InChI=1S/C32H38N6O4S/c1-19-13-21(3)30(22(4)14-19)43(41,42)36-23(5)17-34-27-15-20(2)16-29-26(27)18-35-38(29)25-10-8-24(9-11-25)32(40)37-12-6-7-28(37)31(33)39/h8-11,13-16,18,23,28,34,36H,6-7,12,17H2,1-5H3,(H2,33,39)/t23-,28-/m0/s1. The van der Waals surface area contributed by atoms with Gasteiger partial charge in [-0.15, -0.1) is 0 Å². The Labute approximate surface area is 252 Å². The summed E-state index contributed by atoms with van der Waals surface area (Å²) in [4.78, 5) is 26.7. The summed E-state index contributed by atoms with van der Waals surface area (Å²) in [6.07, 6.45) is 3.11. The summed E-state index contributed by atoms with van der Waals surface area (Å²) in [5.41, 5.74) is 11.9. The molecule has 0 radical (unpaired) electrons. The Morgan fingerprint density at radius 2 is 1.67 bits per heavy atom. The Kier molecular flexibility index (Phi) is 8.31. The molecular formula is C32H38N6O4S. The molecule has 1 saturated heterocycles. The molecule has 0 spiro atoms. The maximum absolute atomic E-state index is 13.2. The van der Waals surface area contributed by atoms with Crippen molar-refractivity contribution in [3.63, 3.8) is 0 Å². The third kappa shape index (κ3) is 6.14. The van der Waals surface area contributed by atoms with Gasteiger partial charge in [0.25, 0.3) is 5.91 Å². The van der Waals surface area contributed by atoms with Gasteiger partial charge in [0.05, 0.1) is 22.3 Å². The fourth-order valence-corrected chi connectivity index (χ4v) is 7.75. The normalized spacial score (nSPS) is 16.0. The van der Waals surface area contributed by atoms with Gasteiger partial charge in [-0.2, -0.15) is 5.10 Å². The number of rotatable bonds is 9. The summed E-state index contributed by atoms with van der Waals surface area (Å²) in [5.74, 6) is -0.688. The number of likely N-dealkylation sites (tertiary alicyclic amines) is 1. The number of carbonyl (C=O) groups is 2. The number of amides is 2. The van der Waals surface area contributed by atoms with Crippen LogP contribution in [0.25, 0.3) is 16.6 Å². The number of fused-ring (bicyclic) bond motifs is 1. The van der Waals surface area contributed by atoms with Crippen LogP contribution < -0.4 is 15.8 Å². The Morgan fingerprint density at radius 1 is 1.02 bits per heavy atom. The Hall–Kier alpha value is -4.22. The van der Waals surface area contributed by atoms with E-state index in [1.165, 1.54) is 0 Å². The molecule has 226 valence electrons. The highest BCUT2D eigenvalue weighted by molar-refractivity contribution is 7.89. The average molecular weight is 603 g/mol. The first-order valence-electron chi connectivity index (χ1n) is 14.4. The maximum atomic E-state index is 13.2. The van der Waals surface area contributed by atoms with Crippen molar-refractivity contribution in [1.82, 2.24) is 19.4 Å². The van der Waals surface area contributed by atoms with Gasteiger partial charge in [-0.1, -0.05) is 17.7 Å². The number of hydrogen-bond donors (Lipinski definition) is 3. The van der Waals surface area contributed by atoms with Crippen molar-refractivity contribution in [3.05, 3.63) is 82.5 Å². The number of benzene rings is 3. The molecule has 0 saturated carbocycles. The number of primary amides is 1. The number of nitrogens with one attached hydrogen (secondary N) is 2. The second-order valence-corrected chi connectivity index (χ2v) is 13.2. The highest BCUT2D eigenvalue weighted by Crippen LogP contribution is 2.28. The number of carbonyl (C=O) groups excluding carboxylic acids is 2. The van der Waals surface area contributed by atoms with E-state index in [9.17, 15) is 18.0 Å². The molecule has 10 nitrogen and oxygen atoms in total. The summed E-state index contributed by atoms with van der Waals surface area (Å²) in [7, 11) is -3.70. The van der Waals surface area contributed by atoms with E-state index in [-0.39, 0.29) is 11.9 Å². The number of anilines is 1. The van der Waals surface area contributed by atoms with Crippen LogP contribution in [0.4, 0.5) is 5.69 Å². The molecule has 0 unspecified atom stereocenters. The molecule has 1 fully saturated rings. The van der Waals surface area contributed by atoms with Crippen molar-refractivity contribution in [3.8, 4) is 5.69 Å². The topological polar surface area (TPSA) is 139 Å². The van der Waals surface area contributed by atoms with Crippen LogP contribution in [0.5, 0.6) is 0 Å². The van der Waals surface area contributed by atoms with E-state index in [0.29, 0.717) is 30.0 Å². The van der Waals surface area contributed by atoms with Crippen molar-refractivity contribution < 1.29 is 18.0 Å². The SMILES string of the molecule is Cc1cc(C)c(S(=O)(=O)N[C@@H](C)CNc2cc(C)cc3c2cnn3-c2ccc(C(=O)N3CCC[C@H]3C(N)=O)cc2)c(C)c1. The molecule has 1 aromatic heterocycles. The lowest BCUT2D eigenvalue weighted by atomic mass is 10.1. The van der Waals surface area contributed by atoms with E-state index < -0.39 is 22.0 Å². The van der Waals surface area contributed by atoms with Crippen molar-refractivity contribution >= 4 is 38.4 Å². The first kappa shape index (κ1) is 30.2. The van der Waals surface area contributed by atoms with Crippen molar-refractivity contribution in [2.75, 3.05) is 18.4 Å². The van der Waals surface area contributed by atoms with E-state index in [4.69, 9.17) is 5.73 Å². The van der Waals surface area contributed by atoms with Gasteiger partial charge in [-0.25, -0.2) is 17.8 Å². The zero-order chi connectivity index (χ0) is 31.1. The molecule has 0 bridgehead atoms. The van der Waals surface area contributed by atoms with Crippen molar-refractivity contribution in [2.45, 2.75) is 64.4 Å². The van der Waals surface area contributed by atoms with Crippen molar-refractivity contribution in [1.29, 1.82) is 0 Å². The smallest absolute Gasteiger partial charge is 0.254 e. The third-order valence-electron chi connectivity index (χ3n) is 7.86. The Morgan fingerprint density at radius 3 is 2.33 bits per heavy atom. The van der Waals surface area contributed by atoms with Gasteiger partial charge in [0.1, 0.15) is 6.04 Å². The number of hydrogen-bond acceptors (Lipinski definition) is 6. The molecule has 4 aromatic rings. The zero-order valence-corrected chi connectivity index (χ0v) is 26.0. The van der Waals surface area contributed by atoms with E-state index in [0.717, 1.165) is 51.0 Å². The molecular weight excluding hydrogens is 564 g/mol. The minimum atomic E-state index is -3.70. The van der Waals surface area contributed by atoms with Crippen molar-refractivity contribution in [2.24, 2.45) is 5.73 Å². The molecule has 5 rings (SSSR count). The molecule has 3 aromatic carbocycles. The van der Waals surface area contributed by atoms with Crippen LogP contribution in [0.15, 0.2) is 59.6 Å². The predicted molar refractivity (Wildman–Crippen MR) is 168 cm³/mol. The van der Waals surface area contributed by atoms with Crippen LogP contribution >= 0.6 is 0 Å². The average Bonchev–Trinajstić information content (AvgIpc) is 3.58. The molecule has 4 N–H and O–H groups in total. The first-order chi connectivity index (χ1) is 20.4. The van der Waals surface area contributed by atoms with Gasteiger partial charge in [0.2, 0.25) is 15.9 Å². The van der Waals surface area contributed by atoms with E-state index in [1.807, 2.05) is 71.0 Å². The zero-order valence-electron chi connectivity index (χ0n) is 25.1. The van der Waals surface area contributed by atoms with Gasteiger partial charge >= 0.3 is 0 Å².